The summed E-state index contributed by atoms with van der Waals surface area (Å²) in [5.41, 5.74) is -0.187. The second-order valence-corrected chi connectivity index (χ2v) is 9.09. The minimum Gasteiger partial charge on any atom is -0.480 e. The molecule has 5 atom stereocenters. The summed E-state index contributed by atoms with van der Waals surface area (Å²) in [4.78, 5) is 34.1. The third-order valence-corrected chi connectivity index (χ3v) is 6.25. The van der Waals surface area contributed by atoms with Crippen LogP contribution in [0.4, 0.5) is 0 Å². The summed E-state index contributed by atoms with van der Waals surface area (Å²) >= 11 is 0. The first-order chi connectivity index (χ1) is 13.7. The fourth-order valence-electron chi connectivity index (χ4n) is 5.21. The number of likely N-dealkylation sites (tertiary alicyclic amines) is 1. The molecule has 2 fully saturated rings. The zero-order valence-electron chi connectivity index (χ0n) is 18.0. The number of carbonyl (C=O) groups is 2. The number of hydrogen-bond donors (Lipinski definition) is 1. The molecule has 29 heavy (non-hydrogen) atoms. The maximum atomic E-state index is 13.6. The molecule has 1 amide bonds. The standard InChI is InChI=1S/C22H33N3O4/c1-14(2)9-22(21(27)28)10-18(19(24(22)5)17-7-6-8-23-11-17)20(26)25-12-15(3)29-16(4)13-25/h6-8,11,14-16,18-19H,9-10,12-13H2,1-5H3,(H,27,28)/t15-,16+,18-,19-,22-/m0/s1. The van der Waals surface area contributed by atoms with Gasteiger partial charge in [-0.05, 0) is 51.3 Å². The number of carbonyl (C=O) groups excluding carboxylic acids is 1. The van der Waals surface area contributed by atoms with Crippen LogP contribution in [0.1, 0.15) is 52.1 Å². The van der Waals surface area contributed by atoms with Crippen molar-refractivity contribution in [2.24, 2.45) is 11.8 Å². The number of rotatable bonds is 5. The molecule has 1 aromatic rings. The van der Waals surface area contributed by atoms with Crippen molar-refractivity contribution >= 4 is 11.9 Å². The molecular formula is C22H33N3O4. The molecule has 3 heterocycles. The highest BCUT2D eigenvalue weighted by atomic mass is 16.5. The Balaban J connectivity index is 2.00. The lowest BCUT2D eigenvalue weighted by molar-refractivity contribution is -0.151. The van der Waals surface area contributed by atoms with Crippen LogP contribution in [0.2, 0.25) is 0 Å². The van der Waals surface area contributed by atoms with E-state index < -0.39 is 17.4 Å². The van der Waals surface area contributed by atoms with E-state index in [1.165, 1.54) is 0 Å². The molecule has 0 aliphatic carbocycles. The monoisotopic (exact) mass is 403 g/mol. The Morgan fingerprint density at radius 1 is 1.31 bits per heavy atom. The van der Waals surface area contributed by atoms with Crippen molar-refractivity contribution in [2.75, 3.05) is 20.1 Å². The van der Waals surface area contributed by atoms with Crippen molar-refractivity contribution in [2.45, 2.75) is 64.3 Å². The van der Waals surface area contributed by atoms with Gasteiger partial charge in [-0.2, -0.15) is 0 Å². The summed E-state index contributed by atoms with van der Waals surface area (Å²) in [6, 6.07) is 3.46. The topological polar surface area (TPSA) is 83.0 Å². The first kappa shape index (κ1) is 21.7. The summed E-state index contributed by atoms with van der Waals surface area (Å²) < 4.78 is 5.79. The fraction of sp³-hybridized carbons (Fsp3) is 0.682. The van der Waals surface area contributed by atoms with Gasteiger partial charge in [0.1, 0.15) is 5.54 Å². The van der Waals surface area contributed by atoms with Crippen LogP contribution in [-0.2, 0) is 14.3 Å². The number of carboxylic acid groups (broad SMARTS) is 1. The number of pyridine rings is 1. The molecule has 3 rings (SSSR count). The lowest BCUT2D eigenvalue weighted by Crippen LogP contribution is -2.50. The van der Waals surface area contributed by atoms with Gasteiger partial charge in [0, 0.05) is 31.5 Å². The number of aromatic nitrogens is 1. The average Bonchev–Trinajstić information content (AvgIpc) is 2.94. The Labute approximate surface area is 173 Å². The lowest BCUT2D eigenvalue weighted by Gasteiger charge is -2.38. The van der Waals surface area contributed by atoms with E-state index in [2.05, 4.69) is 4.98 Å². The number of amides is 1. The van der Waals surface area contributed by atoms with E-state index in [0.29, 0.717) is 25.9 Å². The minimum atomic E-state index is -1.07. The molecule has 0 spiro atoms. The Hall–Kier alpha value is -1.99. The van der Waals surface area contributed by atoms with Crippen molar-refractivity contribution in [3.63, 3.8) is 0 Å². The number of morpholine rings is 1. The van der Waals surface area contributed by atoms with E-state index in [1.54, 1.807) is 12.4 Å². The Kier molecular flexibility index (Phi) is 6.29. The molecule has 160 valence electrons. The van der Waals surface area contributed by atoms with Crippen molar-refractivity contribution in [1.29, 1.82) is 0 Å². The van der Waals surface area contributed by atoms with Crippen LogP contribution in [0, 0.1) is 11.8 Å². The zero-order valence-corrected chi connectivity index (χ0v) is 18.0. The second kappa shape index (κ2) is 8.40. The molecule has 0 aromatic carbocycles. The van der Waals surface area contributed by atoms with E-state index in [1.807, 2.05) is 56.7 Å². The lowest BCUT2D eigenvalue weighted by atomic mass is 9.83. The highest BCUT2D eigenvalue weighted by Crippen LogP contribution is 2.49. The van der Waals surface area contributed by atoms with Gasteiger partial charge in [-0.1, -0.05) is 19.9 Å². The molecule has 1 aromatic heterocycles. The Bertz CT molecular complexity index is 731. The highest BCUT2D eigenvalue weighted by molar-refractivity contribution is 5.85. The van der Waals surface area contributed by atoms with Crippen LogP contribution < -0.4 is 0 Å². The molecule has 0 saturated carbocycles. The van der Waals surface area contributed by atoms with Crippen LogP contribution in [0.25, 0.3) is 0 Å². The van der Waals surface area contributed by atoms with Gasteiger partial charge in [-0.25, -0.2) is 0 Å². The van der Waals surface area contributed by atoms with E-state index in [0.717, 1.165) is 5.56 Å². The van der Waals surface area contributed by atoms with Gasteiger partial charge in [0.15, 0.2) is 0 Å². The Morgan fingerprint density at radius 2 is 1.97 bits per heavy atom. The molecule has 2 aliphatic heterocycles. The van der Waals surface area contributed by atoms with Gasteiger partial charge >= 0.3 is 5.97 Å². The minimum absolute atomic E-state index is 0.0135. The second-order valence-electron chi connectivity index (χ2n) is 9.09. The number of likely N-dealkylation sites (N-methyl/N-ethyl adjacent to an activating group) is 1. The smallest absolute Gasteiger partial charge is 0.324 e. The predicted molar refractivity (Wildman–Crippen MR) is 109 cm³/mol. The normalized spacial score (nSPS) is 33.2. The van der Waals surface area contributed by atoms with Crippen LogP contribution in [-0.4, -0.2) is 69.7 Å². The molecule has 2 saturated heterocycles. The predicted octanol–water partition coefficient (Wildman–Crippen LogP) is 2.58. The quantitative estimate of drug-likeness (QED) is 0.814. The largest absolute Gasteiger partial charge is 0.480 e. The number of nitrogens with zero attached hydrogens (tertiary/aromatic N) is 3. The zero-order chi connectivity index (χ0) is 21.3. The molecule has 0 radical (unpaired) electrons. The molecule has 7 heteroatoms. The summed E-state index contributed by atoms with van der Waals surface area (Å²) in [5.74, 6) is -1.09. The molecule has 0 bridgehead atoms. The maximum Gasteiger partial charge on any atom is 0.324 e. The molecule has 0 unspecified atom stereocenters. The molecule has 2 aliphatic rings. The SMILES string of the molecule is CC(C)C[C@@]1(C(=O)O)C[C@H](C(=O)N2C[C@@H](C)O[C@@H](C)C2)[C@H](c2cccnc2)N1C. The van der Waals surface area contributed by atoms with E-state index in [9.17, 15) is 14.7 Å². The van der Waals surface area contributed by atoms with E-state index in [4.69, 9.17) is 4.74 Å². The molecule has 1 N–H and O–H groups in total. The summed E-state index contributed by atoms with van der Waals surface area (Å²) in [6.45, 7) is 9.06. The third-order valence-electron chi connectivity index (χ3n) is 6.25. The van der Waals surface area contributed by atoms with Gasteiger partial charge in [-0.15, -0.1) is 0 Å². The number of aliphatic carboxylic acids is 1. The first-order valence-electron chi connectivity index (χ1n) is 10.5. The summed E-state index contributed by atoms with van der Waals surface area (Å²) in [7, 11) is 1.84. The third kappa shape index (κ3) is 4.16. The number of ether oxygens (including phenoxy) is 1. The van der Waals surface area contributed by atoms with Gasteiger partial charge < -0.3 is 14.7 Å². The highest BCUT2D eigenvalue weighted by Gasteiger charge is 2.57. The molecular weight excluding hydrogens is 370 g/mol. The number of hydrogen-bond acceptors (Lipinski definition) is 5. The fourth-order valence-corrected chi connectivity index (χ4v) is 5.21. The van der Waals surface area contributed by atoms with Crippen molar-refractivity contribution in [1.82, 2.24) is 14.8 Å². The molecule has 7 nitrogen and oxygen atoms in total. The van der Waals surface area contributed by atoms with Crippen LogP contribution in [0.5, 0.6) is 0 Å². The van der Waals surface area contributed by atoms with Crippen molar-refractivity contribution < 1.29 is 19.4 Å². The van der Waals surface area contributed by atoms with Gasteiger partial charge in [0.25, 0.3) is 0 Å². The first-order valence-corrected chi connectivity index (χ1v) is 10.5. The van der Waals surface area contributed by atoms with Crippen molar-refractivity contribution in [3.05, 3.63) is 30.1 Å². The van der Waals surface area contributed by atoms with Gasteiger partial charge in [0.2, 0.25) is 5.91 Å². The van der Waals surface area contributed by atoms with E-state index >= 15 is 0 Å². The van der Waals surface area contributed by atoms with Gasteiger partial charge in [-0.3, -0.25) is 19.5 Å². The van der Waals surface area contributed by atoms with Crippen LogP contribution >= 0.6 is 0 Å². The maximum absolute atomic E-state index is 13.6. The van der Waals surface area contributed by atoms with E-state index in [-0.39, 0.29) is 30.1 Å². The summed E-state index contributed by atoms with van der Waals surface area (Å²) in [5, 5.41) is 10.2. The Morgan fingerprint density at radius 3 is 2.48 bits per heavy atom. The van der Waals surface area contributed by atoms with Crippen molar-refractivity contribution in [3.8, 4) is 0 Å². The summed E-state index contributed by atoms with van der Waals surface area (Å²) in [6.07, 6.45) is 4.18. The average molecular weight is 404 g/mol. The van der Waals surface area contributed by atoms with Gasteiger partial charge in [0.05, 0.1) is 18.1 Å². The van der Waals surface area contributed by atoms with Crippen LogP contribution in [0.15, 0.2) is 24.5 Å². The number of carboxylic acids is 1. The van der Waals surface area contributed by atoms with Crippen LogP contribution in [0.3, 0.4) is 0 Å².